The molecule has 1 saturated heterocycles. The van der Waals surface area contributed by atoms with Crippen LogP contribution in [0.4, 0.5) is 10.5 Å². The number of thioether (sulfide) groups is 1. The first-order chi connectivity index (χ1) is 9.93. The normalized spacial score (nSPS) is 16.4. The average molecular weight is 302 g/mol. The zero-order valence-electron chi connectivity index (χ0n) is 11.0. The van der Waals surface area contributed by atoms with Crippen molar-refractivity contribution in [2.45, 2.75) is 6.92 Å². The number of carbonyl (C=O) groups is 2. The lowest BCUT2D eigenvalue weighted by Crippen LogP contribution is -2.28. The molecule has 0 aromatic heterocycles. The van der Waals surface area contributed by atoms with Gasteiger partial charge >= 0.3 is 0 Å². The van der Waals surface area contributed by atoms with Crippen LogP contribution < -0.4 is 0 Å². The number of rotatable bonds is 3. The molecule has 1 aliphatic heterocycles. The molecule has 7 heteroatoms. The highest BCUT2D eigenvalue weighted by Gasteiger charge is 2.34. The van der Waals surface area contributed by atoms with Gasteiger partial charge in [0.25, 0.3) is 16.8 Å². The molecule has 21 heavy (non-hydrogen) atoms. The van der Waals surface area contributed by atoms with Crippen molar-refractivity contribution in [3.8, 4) is 12.3 Å². The van der Waals surface area contributed by atoms with Crippen LogP contribution in [-0.2, 0) is 4.79 Å². The lowest BCUT2D eigenvalue weighted by atomic mass is 10.1. The summed E-state index contributed by atoms with van der Waals surface area (Å²) < 4.78 is 0. The third kappa shape index (κ3) is 2.95. The van der Waals surface area contributed by atoms with Gasteiger partial charge in [-0.1, -0.05) is 18.1 Å². The SMILES string of the molecule is C#CCN1C(=O)S/C(=C/c2ccc(C)c([N+](=O)[O-])c2)C1=O. The second-order valence-electron chi connectivity index (χ2n) is 4.28. The molecule has 0 atom stereocenters. The number of carbonyl (C=O) groups excluding carboxylic acids is 2. The highest BCUT2D eigenvalue weighted by Crippen LogP contribution is 2.32. The monoisotopic (exact) mass is 302 g/mol. The molecule has 0 spiro atoms. The van der Waals surface area contributed by atoms with Gasteiger partial charge in [0, 0.05) is 11.6 Å². The highest BCUT2D eigenvalue weighted by molar-refractivity contribution is 8.18. The fraction of sp³-hybridized carbons (Fsp3) is 0.143. The maximum absolute atomic E-state index is 12.0. The lowest BCUT2D eigenvalue weighted by molar-refractivity contribution is -0.385. The van der Waals surface area contributed by atoms with Gasteiger partial charge in [-0.2, -0.15) is 0 Å². The third-order valence-electron chi connectivity index (χ3n) is 2.85. The van der Waals surface area contributed by atoms with Crippen LogP contribution in [0.1, 0.15) is 11.1 Å². The van der Waals surface area contributed by atoms with Crippen molar-refractivity contribution in [2.24, 2.45) is 0 Å². The van der Waals surface area contributed by atoms with E-state index in [0.717, 1.165) is 16.7 Å². The molecule has 1 heterocycles. The molecule has 2 amide bonds. The topological polar surface area (TPSA) is 80.5 Å². The summed E-state index contributed by atoms with van der Waals surface area (Å²) in [6.45, 7) is 1.54. The van der Waals surface area contributed by atoms with Crippen LogP contribution in [0.3, 0.4) is 0 Å². The standard InChI is InChI=1S/C14H10N2O4S/c1-3-6-15-13(17)12(21-14(15)18)8-10-5-4-9(2)11(7-10)16(19)20/h1,4-5,7-8H,6H2,2H3/b12-8+. The summed E-state index contributed by atoms with van der Waals surface area (Å²) in [7, 11) is 0. The van der Waals surface area contributed by atoms with E-state index in [1.807, 2.05) is 0 Å². The number of imide groups is 1. The van der Waals surface area contributed by atoms with Crippen LogP contribution in [0.15, 0.2) is 23.1 Å². The minimum absolute atomic E-state index is 0.0356. The van der Waals surface area contributed by atoms with E-state index < -0.39 is 16.1 Å². The molecule has 1 fully saturated rings. The van der Waals surface area contributed by atoms with E-state index in [2.05, 4.69) is 5.92 Å². The maximum Gasteiger partial charge on any atom is 0.294 e. The van der Waals surface area contributed by atoms with E-state index in [-0.39, 0.29) is 17.1 Å². The number of aryl methyl sites for hydroxylation is 1. The molecule has 0 saturated carbocycles. The van der Waals surface area contributed by atoms with Crippen LogP contribution in [0, 0.1) is 29.4 Å². The van der Waals surface area contributed by atoms with Crippen LogP contribution in [-0.4, -0.2) is 27.5 Å². The molecule has 0 unspecified atom stereocenters. The van der Waals surface area contributed by atoms with Crippen molar-refractivity contribution in [1.82, 2.24) is 4.90 Å². The molecule has 106 valence electrons. The number of terminal acetylenes is 1. The van der Waals surface area contributed by atoms with Gasteiger partial charge in [-0.05, 0) is 30.3 Å². The van der Waals surface area contributed by atoms with E-state index in [9.17, 15) is 19.7 Å². The summed E-state index contributed by atoms with van der Waals surface area (Å²) >= 11 is 0.768. The minimum Gasteiger partial charge on any atom is -0.268 e. The fourth-order valence-electron chi connectivity index (χ4n) is 1.79. The van der Waals surface area contributed by atoms with Crippen LogP contribution in [0.25, 0.3) is 6.08 Å². The maximum atomic E-state index is 12.0. The average Bonchev–Trinajstić information content (AvgIpc) is 2.69. The summed E-state index contributed by atoms with van der Waals surface area (Å²) in [4.78, 5) is 35.2. The van der Waals surface area contributed by atoms with Crippen molar-refractivity contribution < 1.29 is 14.5 Å². The first-order valence-electron chi connectivity index (χ1n) is 5.88. The van der Waals surface area contributed by atoms with Crippen LogP contribution in [0.5, 0.6) is 0 Å². The second-order valence-corrected chi connectivity index (χ2v) is 5.27. The van der Waals surface area contributed by atoms with Crippen molar-refractivity contribution in [1.29, 1.82) is 0 Å². The number of amides is 2. The van der Waals surface area contributed by atoms with Crippen molar-refractivity contribution in [3.63, 3.8) is 0 Å². The third-order valence-corrected chi connectivity index (χ3v) is 3.76. The van der Waals surface area contributed by atoms with Gasteiger partial charge in [-0.15, -0.1) is 6.42 Å². The summed E-state index contributed by atoms with van der Waals surface area (Å²) in [5.74, 6) is 1.76. The van der Waals surface area contributed by atoms with Crippen LogP contribution in [0.2, 0.25) is 0 Å². The Bertz CT molecular complexity index is 718. The zero-order valence-corrected chi connectivity index (χ0v) is 11.8. The van der Waals surface area contributed by atoms with Gasteiger partial charge in [-0.3, -0.25) is 24.6 Å². The first kappa shape index (κ1) is 14.8. The fourth-order valence-corrected chi connectivity index (χ4v) is 2.63. The van der Waals surface area contributed by atoms with Crippen molar-refractivity contribution in [3.05, 3.63) is 44.3 Å². The molecular weight excluding hydrogens is 292 g/mol. The van der Waals surface area contributed by atoms with Gasteiger partial charge in [-0.25, -0.2) is 0 Å². The minimum atomic E-state index is -0.489. The molecule has 0 N–H and O–H groups in total. The number of nitro groups is 1. The first-order valence-corrected chi connectivity index (χ1v) is 6.69. The molecule has 2 rings (SSSR count). The Hall–Kier alpha value is -2.59. The quantitative estimate of drug-likeness (QED) is 0.371. The van der Waals surface area contributed by atoms with E-state index in [1.54, 1.807) is 19.1 Å². The van der Waals surface area contributed by atoms with Gasteiger partial charge in [0.2, 0.25) is 0 Å². The number of nitrogens with zero attached hydrogens (tertiary/aromatic N) is 2. The Morgan fingerprint density at radius 3 is 2.81 bits per heavy atom. The smallest absolute Gasteiger partial charge is 0.268 e. The summed E-state index contributed by atoms with van der Waals surface area (Å²) in [6, 6.07) is 4.61. The number of hydrogen-bond donors (Lipinski definition) is 0. The Balaban J connectivity index is 2.35. The van der Waals surface area contributed by atoms with Crippen molar-refractivity contribution in [2.75, 3.05) is 6.54 Å². The van der Waals surface area contributed by atoms with E-state index in [4.69, 9.17) is 6.42 Å². The van der Waals surface area contributed by atoms with E-state index in [1.165, 1.54) is 12.1 Å². The molecule has 0 aliphatic carbocycles. The Labute approximate surface area is 125 Å². The molecule has 0 radical (unpaired) electrons. The Kier molecular flexibility index (Phi) is 4.10. The molecule has 1 aromatic carbocycles. The predicted molar refractivity (Wildman–Crippen MR) is 79.3 cm³/mol. The molecular formula is C14H10N2O4S. The second kappa shape index (κ2) is 5.81. The predicted octanol–water partition coefficient (Wildman–Crippen LogP) is 2.57. The summed E-state index contributed by atoms with van der Waals surface area (Å²) in [5.41, 5.74) is 0.975. The van der Waals surface area contributed by atoms with E-state index in [0.29, 0.717) is 11.1 Å². The lowest BCUT2D eigenvalue weighted by Gasteiger charge is -2.06. The highest BCUT2D eigenvalue weighted by atomic mass is 32.2. The van der Waals surface area contributed by atoms with Crippen LogP contribution >= 0.6 is 11.8 Å². The Morgan fingerprint density at radius 1 is 1.48 bits per heavy atom. The van der Waals surface area contributed by atoms with Gasteiger partial charge < -0.3 is 0 Å². The number of nitro benzene ring substituents is 1. The Morgan fingerprint density at radius 2 is 2.19 bits per heavy atom. The van der Waals surface area contributed by atoms with Gasteiger partial charge in [0.1, 0.15) is 0 Å². The molecule has 6 nitrogen and oxygen atoms in total. The van der Waals surface area contributed by atoms with E-state index >= 15 is 0 Å². The largest absolute Gasteiger partial charge is 0.294 e. The summed E-state index contributed by atoms with van der Waals surface area (Å²) in [6.07, 6.45) is 6.55. The summed E-state index contributed by atoms with van der Waals surface area (Å²) in [5, 5.41) is 10.5. The zero-order chi connectivity index (χ0) is 15.6. The van der Waals surface area contributed by atoms with Crippen molar-refractivity contribution >= 4 is 34.7 Å². The molecule has 0 bridgehead atoms. The molecule has 1 aromatic rings. The van der Waals surface area contributed by atoms with Gasteiger partial charge in [0.15, 0.2) is 0 Å². The van der Waals surface area contributed by atoms with Gasteiger partial charge in [0.05, 0.1) is 16.4 Å². The number of hydrogen-bond acceptors (Lipinski definition) is 5. The molecule has 1 aliphatic rings. The number of benzene rings is 1.